The second-order valence-corrected chi connectivity index (χ2v) is 4.18. The van der Waals surface area contributed by atoms with Crippen molar-refractivity contribution in [2.45, 2.75) is 19.3 Å². The van der Waals surface area contributed by atoms with Crippen LogP contribution in [0.5, 0.6) is 0 Å². The van der Waals surface area contributed by atoms with Crippen LogP contribution in [-0.4, -0.2) is 31.5 Å². The summed E-state index contributed by atoms with van der Waals surface area (Å²) < 4.78 is 19.7. The van der Waals surface area contributed by atoms with E-state index in [0.29, 0.717) is 13.0 Å². The van der Waals surface area contributed by atoms with Gasteiger partial charge in [-0.2, -0.15) is 0 Å². The summed E-state index contributed by atoms with van der Waals surface area (Å²) in [6, 6.07) is 0. The van der Waals surface area contributed by atoms with Crippen LogP contribution in [0.3, 0.4) is 0 Å². The topological polar surface area (TPSA) is 114 Å². The Balaban J connectivity index is 3.36. The van der Waals surface area contributed by atoms with Crippen LogP contribution in [0.4, 0.5) is 0 Å². The van der Waals surface area contributed by atoms with E-state index in [0.717, 1.165) is 12.8 Å². The minimum atomic E-state index is -4.23. The van der Waals surface area contributed by atoms with Gasteiger partial charge in [-0.3, -0.25) is 4.57 Å². The average molecular weight is 242 g/mol. The molecule has 0 aromatic rings. The lowest BCUT2D eigenvalue weighted by molar-refractivity contribution is -0.226. The molecule has 0 radical (unpaired) electrons. The van der Waals surface area contributed by atoms with Gasteiger partial charge in [0.05, 0.1) is 26.4 Å². The van der Waals surface area contributed by atoms with Gasteiger partial charge in [-0.05, 0) is 19.3 Å². The van der Waals surface area contributed by atoms with E-state index in [1.54, 1.807) is 0 Å². The zero-order valence-electron chi connectivity index (χ0n) is 8.46. The van der Waals surface area contributed by atoms with Gasteiger partial charge in [0.2, 0.25) is 0 Å². The van der Waals surface area contributed by atoms with Gasteiger partial charge >= 0.3 is 0 Å². The molecule has 0 heterocycles. The van der Waals surface area contributed by atoms with E-state index in [2.05, 4.69) is 13.9 Å². The number of aliphatic hydroxyl groups excluding tert-OH is 1. The Hall–Kier alpha value is -0.0100. The molecule has 15 heavy (non-hydrogen) atoms. The first-order valence-corrected chi connectivity index (χ1v) is 6.11. The second-order valence-electron chi connectivity index (χ2n) is 2.77. The van der Waals surface area contributed by atoms with Gasteiger partial charge in [0.25, 0.3) is 7.82 Å². The predicted octanol–water partition coefficient (Wildman–Crippen LogP) is -0.459. The van der Waals surface area contributed by atoms with Crippen LogP contribution >= 0.6 is 7.82 Å². The van der Waals surface area contributed by atoms with Crippen molar-refractivity contribution in [2.24, 2.45) is 5.90 Å². The van der Waals surface area contributed by atoms with E-state index in [1.165, 1.54) is 0 Å². The van der Waals surface area contributed by atoms with Crippen LogP contribution in [0, 0.1) is 0 Å². The molecule has 92 valence electrons. The van der Waals surface area contributed by atoms with Crippen LogP contribution in [-0.2, 0) is 18.5 Å². The lowest BCUT2D eigenvalue weighted by Crippen LogP contribution is -2.11. The molecule has 0 aliphatic rings. The quantitative estimate of drug-likeness (QED) is 0.302. The zero-order valence-corrected chi connectivity index (χ0v) is 9.36. The number of hydrogen-bond donors (Lipinski definition) is 2. The fourth-order valence-corrected chi connectivity index (χ4v) is 1.56. The van der Waals surface area contributed by atoms with Crippen molar-refractivity contribution in [3.8, 4) is 0 Å². The lowest BCUT2D eigenvalue weighted by atomic mass is 10.2. The summed E-state index contributed by atoms with van der Waals surface area (Å²) in [7, 11) is -4.23. The molecule has 0 spiro atoms. The molecule has 0 bridgehead atoms. The van der Waals surface area contributed by atoms with Gasteiger partial charge in [-0.1, -0.05) is 0 Å². The van der Waals surface area contributed by atoms with Crippen molar-refractivity contribution < 1.29 is 28.5 Å². The molecule has 0 aromatic heterocycles. The highest BCUT2D eigenvalue weighted by molar-refractivity contribution is 7.45. The molecule has 1 unspecified atom stereocenters. The number of rotatable bonds is 10. The first-order chi connectivity index (χ1) is 7.12. The second kappa shape index (κ2) is 9.23. The predicted molar refractivity (Wildman–Crippen MR) is 50.6 cm³/mol. The summed E-state index contributed by atoms with van der Waals surface area (Å²) in [5, 5.41) is 8.33. The van der Waals surface area contributed by atoms with Gasteiger partial charge < -0.3 is 23.9 Å². The van der Waals surface area contributed by atoms with Crippen LogP contribution < -0.4 is 10.8 Å². The number of phosphoric ester groups is 1. The summed E-state index contributed by atoms with van der Waals surface area (Å²) in [5.74, 6) is 4.80. The molecule has 0 aromatic carbocycles. The highest BCUT2D eigenvalue weighted by Gasteiger charge is 2.07. The smallest absolute Gasteiger partial charge is 0.267 e. The summed E-state index contributed by atoms with van der Waals surface area (Å²) in [4.78, 5) is 15.2. The lowest BCUT2D eigenvalue weighted by Gasteiger charge is -2.21. The molecule has 1 atom stereocenters. The minimum Gasteiger partial charge on any atom is -0.756 e. The van der Waals surface area contributed by atoms with E-state index in [4.69, 9.17) is 11.0 Å². The Morgan fingerprint density at radius 1 is 1.13 bits per heavy atom. The van der Waals surface area contributed by atoms with Crippen LogP contribution in [0.1, 0.15) is 19.3 Å². The van der Waals surface area contributed by atoms with Crippen LogP contribution in [0.15, 0.2) is 0 Å². The first-order valence-electron chi connectivity index (χ1n) is 4.65. The van der Waals surface area contributed by atoms with Gasteiger partial charge in [0.15, 0.2) is 0 Å². The van der Waals surface area contributed by atoms with E-state index < -0.39 is 7.82 Å². The van der Waals surface area contributed by atoms with Crippen molar-refractivity contribution >= 4 is 7.82 Å². The molecular formula is C7H17NO6P-. The van der Waals surface area contributed by atoms with Crippen molar-refractivity contribution in [3.63, 3.8) is 0 Å². The van der Waals surface area contributed by atoms with E-state index >= 15 is 0 Å². The Kier molecular flexibility index (Phi) is 9.23. The fraction of sp³-hybridized carbons (Fsp3) is 1.00. The van der Waals surface area contributed by atoms with E-state index in [1.807, 2.05) is 0 Å². The molecule has 0 saturated carbocycles. The maximum absolute atomic E-state index is 10.9. The number of unbranched alkanes of at least 4 members (excludes halogenated alkanes) is 2. The summed E-state index contributed by atoms with van der Waals surface area (Å²) in [6.45, 7) is -0.127. The molecule has 0 rings (SSSR count). The SMILES string of the molecule is NOCCCCCOP(=O)([O-])OCCO. The normalized spacial score (nSPS) is 15.1. The first kappa shape index (κ1) is 15.0. The molecule has 0 aliphatic carbocycles. The average Bonchev–Trinajstić information content (AvgIpc) is 2.20. The van der Waals surface area contributed by atoms with Gasteiger partial charge in [0, 0.05) is 0 Å². The van der Waals surface area contributed by atoms with Crippen LogP contribution in [0.2, 0.25) is 0 Å². The third-order valence-electron chi connectivity index (χ3n) is 1.50. The molecular weight excluding hydrogens is 225 g/mol. The highest BCUT2D eigenvalue weighted by atomic mass is 31.2. The maximum atomic E-state index is 10.9. The number of phosphoric acid groups is 1. The van der Waals surface area contributed by atoms with Gasteiger partial charge in [-0.25, -0.2) is 5.90 Å². The van der Waals surface area contributed by atoms with E-state index in [-0.39, 0.29) is 19.8 Å². The van der Waals surface area contributed by atoms with Crippen LogP contribution in [0.25, 0.3) is 0 Å². The van der Waals surface area contributed by atoms with Crippen molar-refractivity contribution in [1.82, 2.24) is 0 Å². The monoisotopic (exact) mass is 242 g/mol. The Bertz CT molecular complexity index is 190. The van der Waals surface area contributed by atoms with Crippen molar-refractivity contribution in [2.75, 3.05) is 26.4 Å². The highest BCUT2D eigenvalue weighted by Crippen LogP contribution is 2.37. The molecule has 7 nitrogen and oxygen atoms in total. The molecule has 0 saturated heterocycles. The molecule has 8 heteroatoms. The zero-order chi connectivity index (χ0) is 11.6. The Labute approximate surface area is 88.7 Å². The Morgan fingerprint density at radius 2 is 1.73 bits per heavy atom. The van der Waals surface area contributed by atoms with Gasteiger partial charge in [0.1, 0.15) is 0 Å². The third-order valence-corrected chi connectivity index (χ3v) is 2.49. The molecule has 0 amide bonds. The summed E-state index contributed by atoms with van der Waals surface area (Å²) >= 11 is 0. The maximum Gasteiger partial charge on any atom is 0.267 e. The summed E-state index contributed by atoms with van der Waals surface area (Å²) in [5.41, 5.74) is 0. The van der Waals surface area contributed by atoms with E-state index in [9.17, 15) is 9.46 Å². The Morgan fingerprint density at radius 3 is 2.33 bits per heavy atom. The minimum absolute atomic E-state index is 0.0662. The third kappa shape index (κ3) is 10.3. The van der Waals surface area contributed by atoms with Gasteiger partial charge in [-0.15, -0.1) is 0 Å². The summed E-state index contributed by atoms with van der Waals surface area (Å²) in [6.07, 6.45) is 2.09. The molecule has 0 fully saturated rings. The molecule has 3 N–H and O–H groups in total. The molecule has 0 aliphatic heterocycles. The largest absolute Gasteiger partial charge is 0.756 e. The van der Waals surface area contributed by atoms with Crippen molar-refractivity contribution in [3.05, 3.63) is 0 Å². The number of nitrogens with two attached hydrogens (primary N) is 1. The van der Waals surface area contributed by atoms with Crippen molar-refractivity contribution in [1.29, 1.82) is 0 Å². The standard InChI is InChI=1S/C7H18NO6P/c8-12-5-2-1-3-6-13-15(10,11)14-7-4-9/h9H,1-8H2,(H,10,11)/p-1. The number of aliphatic hydroxyl groups is 1. The fourth-order valence-electron chi connectivity index (χ4n) is 0.830. The number of hydrogen-bond acceptors (Lipinski definition) is 7.